The molecule has 0 saturated carbocycles. The number of amides is 1. The Hall–Kier alpha value is -2.86. The van der Waals surface area contributed by atoms with Crippen molar-refractivity contribution in [2.75, 3.05) is 13.1 Å². The number of thiophene rings is 1. The van der Waals surface area contributed by atoms with E-state index in [1.807, 2.05) is 0 Å². The van der Waals surface area contributed by atoms with Gasteiger partial charge < -0.3 is 15.0 Å². The van der Waals surface area contributed by atoms with Crippen molar-refractivity contribution in [3.63, 3.8) is 0 Å². The molecule has 5 nitrogen and oxygen atoms in total. The average molecular weight is 572 g/mol. The van der Waals surface area contributed by atoms with Gasteiger partial charge in [-0.25, -0.2) is 13.6 Å². The lowest BCUT2D eigenvalue weighted by molar-refractivity contribution is -0.136. The first-order chi connectivity index (χ1) is 17.6. The Kier molecular flexibility index (Phi) is 7.68. The number of piperidine rings is 1. The lowest BCUT2D eigenvalue weighted by Gasteiger charge is -2.33. The maximum atomic E-state index is 14.0. The van der Waals surface area contributed by atoms with Crippen LogP contribution in [0.25, 0.3) is 21.3 Å². The molecular formula is C26H26F5N3O2S2. The van der Waals surface area contributed by atoms with E-state index in [0.717, 1.165) is 17.4 Å². The van der Waals surface area contributed by atoms with Gasteiger partial charge in [-0.1, -0.05) is 12.2 Å². The van der Waals surface area contributed by atoms with Crippen molar-refractivity contribution < 1.29 is 31.5 Å². The van der Waals surface area contributed by atoms with Crippen LogP contribution in [-0.2, 0) is 17.5 Å². The number of aromatic nitrogens is 1. The first-order valence-electron chi connectivity index (χ1n) is 11.9. The second kappa shape index (κ2) is 10.4. The molecule has 3 aromatic rings. The summed E-state index contributed by atoms with van der Waals surface area (Å²) in [5, 5.41) is 2.94. The molecule has 1 aromatic carbocycles. The molecule has 0 aliphatic carbocycles. The van der Waals surface area contributed by atoms with Crippen molar-refractivity contribution in [1.82, 2.24) is 15.2 Å². The zero-order valence-corrected chi connectivity index (χ0v) is 22.5. The van der Waals surface area contributed by atoms with Crippen molar-refractivity contribution >= 4 is 44.7 Å². The molecule has 1 amide bonds. The zero-order chi connectivity index (χ0) is 27.9. The number of benzene rings is 1. The molecule has 38 heavy (non-hydrogen) atoms. The second-order valence-corrected chi connectivity index (χ2v) is 11.6. The Labute approximate surface area is 226 Å². The third-order valence-corrected chi connectivity index (χ3v) is 7.54. The quantitative estimate of drug-likeness (QED) is 0.261. The summed E-state index contributed by atoms with van der Waals surface area (Å²) < 4.78 is 74.1. The van der Waals surface area contributed by atoms with Gasteiger partial charge in [-0.05, 0) is 56.5 Å². The van der Waals surface area contributed by atoms with Crippen molar-refractivity contribution in [2.24, 2.45) is 0 Å². The number of hydrogen-bond donors (Lipinski definition) is 1. The van der Waals surface area contributed by atoms with Crippen LogP contribution < -0.4 is 5.32 Å². The number of halogens is 5. The number of rotatable bonds is 4. The fraction of sp³-hybridized carbons (Fsp3) is 0.423. The van der Waals surface area contributed by atoms with Crippen LogP contribution in [0.1, 0.15) is 49.6 Å². The molecule has 1 aliphatic rings. The van der Waals surface area contributed by atoms with Crippen LogP contribution in [-0.4, -0.2) is 45.6 Å². The molecule has 1 N–H and O–H groups in total. The van der Waals surface area contributed by atoms with Crippen LogP contribution in [0.15, 0.2) is 36.5 Å². The number of nitrogens with one attached hydrogen (secondary N) is 1. The van der Waals surface area contributed by atoms with E-state index in [9.17, 15) is 26.7 Å². The standard InChI is InChI=1S/C26H26F5N3O2S2/c1-24(2,3)36-23(35)33-14-18-11-17-10-16(12-19(21(17)38-18)26(29,30)31)20-5-4-15(13-32-20)22(37)34-8-6-25(27,28)7-9-34/h4-5,10-13H,6-9,14H2,1-3H3,(H,33,35). The molecule has 0 radical (unpaired) electrons. The average Bonchev–Trinajstić information content (AvgIpc) is 3.23. The third-order valence-electron chi connectivity index (χ3n) is 5.87. The minimum absolute atomic E-state index is 0.0215. The minimum atomic E-state index is -4.60. The van der Waals surface area contributed by atoms with Gasteiger partial charge in [0.15, 0.2) is 0 Å². The molecule has 1 fully saturated rings. The fourth-order valence-electron chi connectivity index (χ4n) is 4.04. The SMILES string of the molecule is CC(C)(C)OC(=O)NCc1cc2cc(-c3ccc(C(=S)N4CCC(F)(F)CC4)cn3)cc(C(F)(F)F)c2s1. The molecule has 3 heterocycles. The Morgan fingerprint density at radius 2 is 1.84 bits per heavy atom. The summed E-state index contributed by atoms with van der Waals surface area (Å²) in [5.41, 5.74) is -0.374. The van der Waals surface area contributed by atoms with Gasteiger partial charge in [-0.2, -0.15) is 13.2 Å². The number of nitrogens with zero attached hydrogens (tertiary/aromatic N) is 2. The second-order valence-electron chi connectivity index (χ2n) is 10.1. The van der Waals surface area contributed by atoms with Crippen LogP contribution in [0.5, 0.6) is 0 Å². The van der Waals surface area contributed by atoms with Gasteiger partial charge in [0.2, 0.25) is 0 Å². The van der Waals surface area contributed by atoms with Gasteiger partial charge in [0.1, 0.15) is 10.6 Å². The maximum Gasteiger partial charge on any atom is 0.417 e. The highest BCUT2D eigenvalue weighted by Gasteiger charge is 2.35. The van der Waals surface area contributed by atoms with Crippen LogP contribution in [0.3, 0.4) is 0 Å². The lowest BCUT2D eigenvalue weighted by Crippen LogP contribution is -2.42. The van der Waals surface area contributed by atoms with Crippen molar-refractivity contribution in [2.45, 2.75) is 57.9 Å². The number of carbonyl (C=O) groups is 1. The van der Waals surface area contributed by atoms with Crippen molar-refractivity contribution in [3.8, 4) is 11.3 Å². The highest BCUT2D eigenvalue weighted by Crippen LogP contribution is 2.41. The maximum absolute atomic E-state index is 14.0. The number of thiocarbonyl (C=S) groups is 1. The molecule has 4 rings (SSSR count). The number of ether oxygens (including phenoxy) is 1. The van der Waals surface area contributed by atoms with Gasteiger partial charge in [-0.3, -0.25) is 4.98 Å². The van der Waals surface area contributed by atoms with Crippen molar-refractivity contribution in [3.05, 3.63) is 52.5 Å². The van der Waals surface area contributed by atoms with Crippen LogP contribution in [0.4, 0.5) is 26.7 Å². The first kappa shape index (κ1) is 28.2. The van der Waals surface area contributed by atoms with E-state index >= 15 is 0 Å². The molecule has 1 aliphatic heterocycles. The van der Waals surface area contributed by atoms with Gasteiger partial charge in [0, 0.05) is 52.8 Å². The normalized spacial score (nSPS) is 15.9. The number of alkyl carbamates (subject to hydrolysis) is 1. The summed E-state index contributed by atoms with van der Waals surface area (Å²) in [4.78, 5) is 18.9. The minimum Gasteiger partial charge on any atom is -0.444 e. The zero-order valence-electron chi connectivity index (χ0n) is 20.9. The summed E-state index contributed by atoms with van der Waals surface area (Å²) in [6.07, 6.45) is -4.38. The summed E-state index contributed by atoms with van der Waals surface area (Å²) in [6, 6.07) is 7.48. The highest BCUT2D eigenvalue weighted by atomic mass is 32.1. The Bertz CT molecular complexity index is 1340. The van der Waals surface area contributed by atoms with E-state index in [2.05, 4.69) is 10.3 Å². The smallest absolute Gasteiger partial charge is 0.417 e. The van der Waals surface area contributed by atoms with E-state index in [0.29, 0.717) is 26.5 Å². The fourth-order valence-corrected chi connectivity index (χ4v) is 5.45. The Morgan fingerprint density at radius 3 is 2.42 bits per heavy atom. The van der Waals surface area contributed by atoms with Crippen molar-refractivity contribution in [1.29, 1.82) is 0 Å². The predicted octanol–water partition coefficient (Wildman–Crippen LogP) is 7.41. The third kappa shape index (κ3) is 6.76. The number of hydrogen-bond acceptors (Lipinski definition) is 5. The largest absolute Gasteiger partial charge is 0.444 e. The van der Waals surface area contributed by atoms with E-state index in [4.69, 9.17) is 17.0 Å². The number of alkyl halides is 5. The highest BCUT2D eigenvalue weighted by molar-refractivity contribution is 7.80. The van der Waals surface area contributed by atoms with Gasteiger partial charge >= 0.3 is 12.3 Å². The van der Waals surface area contributed by atoms with E-state index < -0.39 is 29.4 Å². The molecule has 0 spiro atoms. The van der Waals surface area contributed by atoms with Gasteiger partial charge in [0.05, 0.1) is 17.8 Å². The van der Waals surface area contributed by atoms with Gasteiger partial charge in [-0.15, -0.1) is 11.3 Å². The van der Waals surface area contributed by atoms with Crippen LogP contribution >= 0.6 is 23.6 Å². The molecule has 0 atom stereocenters. The molecular weight excluding hydrogens is 545 g/mol. The van der Waals surface area contributed by atoms with E-state index in [1.165, 1.54) is 6.20 Å². The number of carbonyl (C=O) groups excluding carboxylic acids is 1. The number of fused-ring (bicyclic) bond motifs is 1. The summed E-state index contributed by atoms with van der Waals surface area (Å²) in [5.74, 6) is -2.70. The van der Waals surface area contributed by atoms with Crippen LogP contribution in [0, 0.1) is 0 Å². The molecule has 12 heteroatoms. The Balaban J connectivity index is 1.57. The number of likely N-dealkylation sites (tertiary alicyclic amines) is 1. The number of pyridine rings is 1. The summed E-state index contributed by atoms with van der Waals surface area (Å²) in [6.45, 7) is 5.42. The van der Waals surface area contributed by atoms with Gasteiger partial charge in [0.25, 0.3) is 5.92 Å². The molecule has 1 saturated heterocycles. The molecule has 204 valence electrons. The molecule has 2 aromatic heterocycles. The van der Waals surface area contributed by atoms with E-state index in [1.54, 1.807) is 49.9 Å². The molecule has 0 bridgehead atoms. The summed E-state index contributed by atoms with van der Waals surface area (Å²) in [7, 11) is 0. The Morgan fingerprint density at radius 1 is 1.16 bits per heavy atom. The molecule has 0 unspecified atom stereocenters. The summed E-state index contributed by atoms with van der Waals surface area (Å²) >= 11 is 6.39. The predicted molar refractivity (Wildman–Crippen MR) is 141 cm³/mol. The lowest BCUT2D eigenvalue weighted by atomic mass is 10.0. The van der Waals surface area contributed by atoms with E-state index in [-0.39, 0.29) is 42.7 Å². The topological polar surface area (TPSA) is 54.5 Å². The monoisotopic (exact) mass is 571 g/mol. The van der Waals surface area contributed by atoms with Crippen LogP contribution in [0.2, 0.25) is 0 Å². The first-order valence-corrected chi connectivity index (χ1v) is 13.1.